The van der Waals surface area contributed by atoms with Crippen molar-refractivity contribution in [1.29, 1.82) is 0 Å². The molecule has 0 saturated carbocycles. The second-order valence-electron chi connectivity index (χ2n) is 6.61. The molecule has 4 rings (SSSR count). The molecule has 1 atom stereocenters. The molecule has 4 nitrogen and oxygen atoms in total. The van der Waals surface area contributed by atoms with Crippen LogP contribution in [0.15, 0.2) is 48.5 Å². The van der Waals surface area contributed by atoms with Crippen molar-refractivity contribution in [2.24, 2.45) is 7.05 Å². The lowest BCUT2D eigenvalue weighted by molar-refractivity contribution is 0.0726. The van der Waals surface area contributed by atoms with Crippen LogP contribution in [0.1, 0.15) is 34.9 Å². The zero-order chi connectivity index (χ0) is 17.6. The first-order valence-electron chi connectivity index (χ1n) is 8.46. The van der Waals surface area contributed by atoms with Gasteiger partial charge in [-0.15, -0.1) is 0 Å². The summed E-state index contributed by atoms with van der Waals surface area (Å²) in [5.41, 5.74) is 9.34. The highest BCUT2D eigenvalue weighted by atomic mass is 35.5. The van der Waals surface area contributed by atoms with Crippen LogP contribution >= 0.6 is 11.6 Å². The number of nitrogens with zero attached hydrogens (tertiary/aromatic N) is 2. The van der Waals surface area contributed by atoms with Gasteiger partial charge in [0.25, 0.3) is 5.91 Å². The predicted molar refractivity (Wildman–Crippen MR) is 102 cm³/mol. The number of aryl methyl sites for hydroxylation is 1. The summed E-state index contributed by atoms with van der Waals surface area (Å²) >= 11 is 6.10. The molecule has 0 bridgehead atoms. The van der Waals surface area contributed by atoms with E-state index in [1.54, 1.807) is 0 Å². The van der Waals surface area contributed by atoms with Crippen LogP contribution in [0.2, 0.25) is 5.02 Å². The lowest BCUT2D eigenvalue weighted by Gasteiger charge is -2.25. The number of aromatic nitrogens is 1. The molecule has 5 heteroatoms. The normalized spacial score (nSPS) is 17.4. The number of rotatable bonds is 2. The van der Waals surface area contributed by atoms with Crippen molar-refractivity contribution in [3.8, 4) is 0 Å². The van der Waals surface area contributed by atoms with Crippen molar-refractivity contribution in [1.82, 2.24) is 9.47 Å². The van der Waals surface area contributed by atoms with E-state index < -0.39 is 0 Å². The average molecular weight is 354 g/mol. The van der Waals surface area contributed by atoms with Crippen LogP contribution in [0.4, 0.5) is 5.69 Å². The molecule has 2 N–H and O–H groups in total. The lowest BCUT2D eigenvalue weighted by atomic mass is 10.0. The first kappa shape index (κ1) is 16.0. The number of nitrogens with two attached hydrogens (primary N) is 1. The minimum Gasteiger partial charge on any atom is -0.399 e. The third kappa shape index (κ3) is 2.76. The summed E-state index contributed by atoms with van der Waals surface area (Å²) in [5, 5.41) is 1.70. The van der Waals surface area contributed by atoms with Gasteiger partial charge in [0.2, 0.25) is 0 Å². The fourth-order valence-corrected chi connectivity index (χ4v) is 3.90. The molecule has 1 saturated heterocycles. The number of amides is 1. The zero-order valence-electron chi connectivity index (χ0n) is 14.1. The van der Waals surface area contributed by atoms with E-state index in [1.165, 1.54) is 0 Å². The highest BCUT2D eigenvalue weighted by molar-refractivity contribution is 6.31. The van der Waals surface area contributed by atoms with Crippen LogP contribution in [0, 0.1) is 0 Å². The number of carbonyl (C=O) groups excluding carboxylic acids is 1. The third-order valence-corrected chi connectivity index (χ3v) is 5.30. The third-order valence-electron chi connectivity index (χ3n) is 5.06. The molecule has 2 aromatic carbocycles. The average Bonchev–Trinajstić information content (AvgIpc) is 3.21. The molecule has 128 valence electrons. The highest BCUT2D eigenvalue weighted by Gasteiger charge is 2.32. The van der Waals surface area contributed by atoms with Crippen LogP contribution in [0.5, 0.6) is 0 Å². The van der Waals surface area contributed by atoms with Gasteiger partial charge in [-0.1, -0.05) is 29.8 Å². The summed E-state index contributed by atoms with van der Waals surface area (Å²) in [6, 6.07) is 15.6. The molecular weight excluding hydrogens is 334 g/mol. The molecule has 0 aliphatic carbocycles. The van der Waals surface area contributed by atoms with Gasteiger partial charge in [0.15, 0.2) is 0 Å². The highest BCUT2D eigenvalue weighted by Crippen LogP contribution is 2.34. The second-order valence-corrected chi connectivity index (χ2v) is 7.05. The number of anilines is 1. The van der Waals surface area contributed by atoms with Crippen molar-refractivity contribution in [3.63, 3.8) is 0 Å². The summed E-state index contributed by atoms with van der Waals surface area (Å²) < 4.78 is 1.93. The van der Waals surface area contributed by atoms with E-state index in [0.717, 1.165) is 41.5 Å². The molecular formula is C20H20ClN3O. The SMILES string of the molecule is Cn1c(C(=O)N2CCCC2c2ccc(N)cc2)cc2ccc(Cl)cc21. The minimum absolute atomic E-state index is 0.0640. The molecule has 1 aliphatic heterocycles. The summed E-state index contributed by atoms with van der Waals surface area (Å²) in [7, 11) is 1.92. The Morgan fingerprint density at radius 1 is 1.16 bits per heavy atom. The molecule has 2 heterocycles. The quantitative estimate of drug-likeness (QED) is 0.694. The number of hydrogen-bond donors (Lipinski definition) is 1. The van der Waals surface area contributed by atoms with E-state index in [0.29, 0.717) is 10.7 Å². The van der Waals surface area contributed by atoms with Crippen molar-refractivity contribution >= 4 is 34.1 Å². The fourth-order valence-electron chi connectivity index (χ4n) is 3.73. The first-order chi connectivity index (χ1) is 12.0. The monoisotopic (exact) mass is 353 g/mol. The van der Waals surface area contributed by atoms with Gasteiger partial charge in [-0.3, -0.25) is 4.79 Å². The molecule has 1 aliphatic rings. The Labute approximate surface area is 151 Å². The van der Waals surface area contributed by atoms with Crippen molar-refractivity contribution in [2.45, 2.75) is 18.9 Å². The summed E-state index contributed by atoms with van der Waals surface area (Å²) in [5.74, 6) is 0.0640. The minimum atomic E-state index is 0.0640. The standard InChI is InChI=1S/C20H20ClN3O/c1-23-18-12-15(21)7-4-14(18)11-19(23)20(25)24-10-2-3-17(24)13-5-8-16(22)9-6-13/h4-9,11-12,17H,2-3,10,22H2,1H3. The number of fused-ring (bicyclic) bond motifs is 1. The van der Waals surface area contributed by atoms with Crippen LogP contribution in [0.3, 0.4) is 0 Å². The Morgan fingerprint density at radius 2 is 1.92 bits per heavy atom. The van der Waals surface area contributed by atoms with Crippen LogP contribution in [0.25, 0.3) is 10.9 Å². The number of likely N-dealkylation sites (tertiary alicyclic amines) is 1. The van der Waals surface area contributed by atoms with E-state index in [2.05, 4.69) is 0 Å². The largest absolute Gasteiger partial charge is 0.399 e. The van der Waals surface area contributed by atoms with Crippen LogP contribution < -0.4 is 5.73 Å². The molecule has 3 aromatic rings. The van der Waals surface area contributed by atoms with E-state index in [-0.39, 0.29) is 11.9 Å². The maximum Gasteiger partial charge on any atom is 0.271 e. The van der Waals surface area contributed by atoms with E-state index in [9.17, 15) is 4.79 Å². The molecule has 0 radical (unpaired) electrons. The number of hydrogen-bond acceptors (Lipinski definition) is 2. The fraction of sp³-hybridized carbons (Fsp3) is 0.250. The Bertz CT molecular complexity index is 945. The molecule has 1 fully saturated rings. The lowest BCUT2D eigenvalue weighted by Crippen LogP contribution is -2.31. The van der Waals surface area contributed by atoms with Gasteiger partial charge in [-0.05, 0) is 48.7 Å². The van der Waals surface area contributed by atoms with Crippen molar-refractivity contribution in [3.05, 3.63) is 64.8 Å². The molecule has 0 spiro atoms. The van der Waals surface area contributed by atoms with Crippen molar-refractivity contribution < 1.29 is 4.79 Å². The van der Waals surface area contributed by atoms with Gasteiger partial charge in [-0.25, -0.2) is 0 Å². The van der Waals surface area contributed by atoms with Crippen LogP contribution in [-0.4, -0.2) is 21.9 Å². The number of carbonyl (C=O) groups is 1. The smallest absolute Gasteiger partial charge is 0.271 e. The summed E-state index contributed by atoms with van der Waals surface area (Å²) in [6.07, 6.45) is 1.99. The van der Waals surface area contributed by atoms with E-state index in [1.807, 2.05) is 65.0 Å². The maximum atomic E-state index is 13.2. The molecule has 1 aromatic heterocycles. The topological polar surface area (TPSA) is 51.3 Å². The Balaban J connectivity index is 1.70. The molecule has 25 heavy (non-hydrogen) atoms. The van der Waals surface area contributed by atoms with Crippen LogP contribution in [-0.2, 0) is 7.05 Å². The van der Waals surface area contributed by atoms with Gasteiger partial charge in [0, 0.05) is 35.2 Å². The van der Waals surface area contributed by atoms with Crippen molar-refractivity contribution in [2.75, 3.05) is 12.3 Å². The second kappa shape index (κ2) is 6.12. The predicted octanol–water partition coefficient (Wildman–Crippen LogP) is 4.39. The number of benzene rings is 2. The van der Waals surface area contributed by atoms with Gasteiger partial charge in [0.05, 0.1) is 6.04 Å². The Kier molecular flexibility index (Phi) is 3.92. The zero-order valence-corrected chi connectivity index (χ0v) is 14.8. The Morgan fingerprint density at radius 3 is 2.68 bits per heavy atom. The van der Waals surface area contributed by atoms with Gasteiger partial charge in [0.1, 0.15) is 5.69 Å². The molecule has 1 amide bonds. The van der Waals surface area contributed by atoms with Gasteiger partial charge < -0.3 is 15.2 Å². The van der Waals surface area contributed by atoms with Gasteiger partial charge >= 0.3 is 0 Å². The summed E-state index contributed by atoms with van der Waals surface area (Å²) in [6.45, 7) is 0.774. The molecule has 1 unspecified atom stereocenters. The number of halogens is 1. The number of nitrogen functional groups attached to an aromatic ring is 1. The van der Waals surface area contributed by atoms with Gasteiger partial charge in [-0.2, -0.15) is 0 Å². The van der Waals surface area contributed by atoms with E-state index >= 15 is 0 Å². The van der Waals surface area contributed by atoms with E-state index in [4.69, 9.17) is 17.3 Å². The first-order valence-corrected chi connectivity index (χ1v) is 8.84. The maximum absolute atomic E-state index is 13.2. The Hall–Kier alpha value is -2.46. The summed E-state index contributed by atoms with van der Waals surface area (Å²) in [4.78, 5) is 15.2.